The number of rotatable bonds is 20. The second-order valence-corrected chi connectivity index (χ2v) is 15.7. The first kappa shape index (κ1) is 37.9. The number of ether oxygens (including phenoxy) is 1. The van der Waals surface area contributed by atoms with Crippen molar-refractivity contribution in [2.75, 3.05) is 11.4 Å². The number of nitro groups is 1. The number of halogens is 1. The zero-order chi connectivity index (χ0) is 35.4. The largest absolute Gasteiger partial charge is 0.456 e. The SMILES string of the molecule is CCCCCCCCCCCCCCCCCCN1c2ccccc2C(C)(C)C12C=Cc1cc(/C=C/c3ccc(Br)cc3)cc([N+](=O)[O-])c1O2. The summed E-state index contributed by atoms with van der Waals surface area (Å²) in [6.07, 6.45) is 29.5. The number of hydrogen-bond acceptors (Lipinski definition) is 4. The molecule has 0 saturated carbocycles. The summed E-state index contributed by atoms with van der Waals surface area (Å²) < 4.78 is 7.97. The summed E-state index contributed by atoms with van der Waals surface area (Å²) in [4.78, 5) is 14.6. The molecule has 2 aliphatic heterocycles. The number of para-hydroxylation sites is 1. The standard InChI is InChI=1S/C44H57BrN2O3/c1-4-5-6-7-8-9-10-11-12-13-14-15-16-17-18-21-32-46-40-23-20-19-22-39(40)43(2,3)44(46)31-30-37-33-36(34-41(47(48)49)42(37)50-44)25-24-35-26-28-38(45)29-27-35/h19-20,22-31,33-34H,4-18,21,32H2,1-3H3/b25-24+. The molecule has 0 radical (unpaired) electrons. The summed E-state index contributed by atoms with van der Waals surface area (Å²) in [6, 6.07) is 20.1. The highest BCUT2D eigenvalue weighted by Crippen LogP contribution is 2.56. The molecule has 1 unspecified atom stereocenters. The average molecular weight is 742 g/mol. The molecule has 2 aliphatic rings. The molecular weight excluding hydrogens is 684 g/mol. The summed E-state index contributed by atoms with van der Waals surface area (Å²) >= 11 is 3.48. The van der Waals surface area contributed by atoms with Crippen molar-refractivity contribution < 1.29 is 9.66 Å². The van der Waals surface area contributed by atoms with E-state index in [1.54, 1.807) is 6.07 Å². The molecule has 3 aromatic rings. The topological polar surface area (TPSA) is 55.6 Å². The lowest BCUT2D eigenvalue weighted by atomic mass is 9.76. The van der Waals surface area contributed by atoms with Gasteiger partial charge in [-0.1, -0.05) is 162 Å². The minimum absolute atomic E-state index is 0.00389. The van der Waals surface area contributed by atoms with Gasteiger partial charge in [-0.2, -0.15) is 0 Å². The predicted molar refractivity (Wildman–Crippen MR) is 215 cm³/mol. The zero-order valence-corrected chi connectivity index (χ0v) is 32.2. The summed E-state index contributed by atoms with van der Waals surface area (Å²) in [5.74, 6) is 0.344. The van der Waals surface area contributed by atoms with E-state index in [1.807, 2.05) is 48.6 Å². The predicted octanol–water partition coefficient (Wildman–Crippen LogP) is 13.7. The van der Waals surface area contributed by atoms with Crippen LogP contribution in [-0.4, -0.2) is 17.2 Å². The van der Waals surface area contributed by atoms with Crippen LogP contribution in [0.2, 0.25) is 0 Å². The zero-order valence-electron chi connectivity index (χ0n) is 30.6. The van der Waals surface area contributed by atoms with Gasteiger partial charge in [0.25, 0.3) is 0 Å². The molecule has 268 valence electrons. The monoisotopic (exact) mass is 740 g/mol. The van der Waals surface area contributed by atoms with Gasteiger partial charge in [0.05, 0.1) is 10.3 Å². The van der Waals surface area contributed by atoms with Crippen molar-refractivity contribution in [3.05, 3.63) is 104 Å². The van der Waals surface area contributed by atoms with Gasteiger partial charge in [-0.05, 0) is 73.4 Å². The van der Waals surface area contributed by atoms with Gasteiger partial charge in [0.2, 0.25) is 11.5 Å². The minimum atomic E-state index is -0.862. The van der Waals surface area contributed by atoms with E-state index >= 15 is 0 Å². The van der Waals surface area contributed by atoms with Crippen LogP contribution in [0.3, 0.4) is 0 Å². The molecule has 5 rings (SSSR count). The molecule has 5 nitrogen and oxygen atoms in total. The first-order valence-electron chi connectivity index (χ1n) is 19.3. The van der Waals surface area contributed by atoms with Gasteiger partial charge in [0.1, 0.15) is 0 Å². The molecule has 0 amide bonds. The Morgan fingerprint density at radius 1 is 0.760 bits per heavy atom. The van der Waals surface area contributed by atoms with Crippen LogP contribution in [0.25, 0.3) is 18.2 Å². The highest BCUT2D eigenvalue weighted by Gasteiger charge is 2.59. The van der Waals surface area contributed by atoms with Crippen LogP contribution in [0, 0.1) is 10.1 Å². The van der Waals surface area contributed by atoms with Gasteiger partial charge < -0.3 is 9.64 Å². The number of fused-ring (bicyclic) bond motifs is 2. The van der Waals surface area contributed by atoms with Gasteiger partial charge in [0.15, 0.2) is 0 Å². The van der Waals surface area contributed by atoms with Gasteiger partial charge in [-0.3, -0.25) is 10.1 Å². The van der Waals surface area contributed by atoms with E-state index in [2.05, 4.69) is 71.9 Å². The highest BCUT2D eigenvalue weighted by molar-refractivity contribution is 9.10. The summed E-state index contributed by atoms with van der Waals surface area (Å²) in [5.41, 5.74) is 3.59. The Morgan fingerprint density at radius 2 is 1.32 bits per heavy atom. The summed E-state index contributed by atoms with van der Waals surface area (Å²) in [5, 5.41) is 12.5. The molecule has 0 bridgehead atoms. The van der Waals surface area contributed by atoms with Crippen LogP contribution in [0.5, 0.6) is 5.75 Å². The second kappa shape index (κ2) is 18.2. The molecule has 0 saturated heterocycles. The molecule has 0 aliphatic carbocycles. The Hall–Kier alpha value is -3.38. The molecular formula is C44H57BrN2O3. The average Bonchev–Trinajstić information content (AvgIpc) is 3.29. The van der Waals surface area contributed by atoms with E-state index in [1.165, 1.54) is 102 Å². The van der Waals surface area contributed by atoms with E-state index in [0.717, 1.165) is 39.8 Å². The Kier molecular flexibility index (Phi) is 13.8. The third kappa shape index (κ3) is 9.09. The lowest BCUT2D eigenvalue weighted by Gasteiger charge is -2.47. The molecule has 2 heterocycles. The van der Waals surface area contributed by atoms with E-state index < -0.39 is 11.1 Å². The normalized spacial score (nSPS) is 17.3. The third-order valence-corrected chi connectivity index (χ3v) is 11.3. The van der Waals surface area contributed by atoms with E-state index in [4.69, 9.17) is 4.74 Å². The molecule has 3 aromatic carbocycles. The molecule has 0 aromatic heterocycles. The van der Waals surface area contributed by atoms with Gasteiger partial charge in [-0.15, -0.1) is 0 Å². The Labute approximate surface area is 309 Å². The first-order valence-corrected chi connectivity index (χ1v) is 20.1. The van der Waals surface area contributed by atoms with E-state index in [-0.39, 0.29) is 10.6 Å². The Bertz CT molecular complexity index is 1610. The number of nitrogens with zero attached hydrogens (tertiary/aromatic N) is 2. The Morgan fingerprint density at radius 3 is 1.92 bits per heavy atom. The number of anilines is 1. The quantitative estimate of drug-likeness (QED) is 0.0501. The van der Waals surface area contributed by atoms with Crippen molar-refractivity contribution >= 4 is 45.5 Å². The molecule has 0 N–H and O–H groups in total. The van der Waals surface area contributed by atoms with Crippen LogP contribution in [-0.2, 0) is 5.41 Å². The fourth-order valence-corrected chi connectivity index (χ4v) is 8.08. The molecule has 6 heteroatoms. The van der Waals surface area contributed by atoms with Crippen molar-refractivity contribution in [1.82, 2.24) is 0 Å². The molecule has 50 heavy (non-hydrogen) atoms. The maximum atomic E-state index is 12.5. The van der Waals surface area contributed by atoms with Crippen molar-refractivity contribution in [1.29, 1.82) is 0 Å². The van der Waals surface area contributed by atoms with E-state index in [0.29, 0.717) is 5.75 Å². The lowest BCUT2D eigenvalue weighted by Crippen LogP contribution is -2.59. The Balaban J connectivity index is 1.18. The first-order chi connectivity index (χ1) is 24.3. The van der Waals surface area contributed by atoms with Crippen LogP contribution >= 0.6 is 15.9 Å². The fraction of sp³-hybridized carbons (Fsp3) is 0.500. The van der Waals surface area contributed by atoms with Gasteiger partial charge in [-0.25, -0.2) is 0 Å². The number of hydrogen-bond donors (Lipinski definition) is 0. The van der Waals surface area contributed by atoms with Gasteiger partial charge >= 0.3 is 5.69 Å². The number of benzene rings is 3. The van der Waals surface area contributed by atoms with Crippen molar-refractivity contribution in [3.63, 3.8) is 0 Å². The smallest absolute Gasteiger partial charge is 0.312 e. The van der Waals surface area contributed by atoms with Crippen molar-refractivity contribution in [2.24, 2.45) is 0 Å². The molecule has 1 spiro atoms. The second-order valence-electron chi connectivity index (χ2n) is 14.8. The molecule has 0 fully saturated rings. The molecule has 1 atom stereocenters. The van der Waals surface area contributed by atoms with Crippen molar-refractivity contribution in [2.45, 2.75) is 135 Å². The maximum absolute atomic E-state index is 12.5. The van der Waals surface area contributed by atoms with Crippen LogP contribution < -0.4 is 9.64 Å². The highest BCUT2D eigenvalue weighted by atomic mass is 79.9. The lowest BCUT2D eigenvalue weighted by molar-refractivity contribution is -0.386. The van der Waals surface area contributed by atoms with Gasteiger partial charge in [0, 0.05) is 28.3 Å². The fourth-order valence-electron chi connectivity index (χ4n) is 7.82. The number of nitro benzene ring substituents is 1. The van der Waals surface area contributed by atoms with Crippen LogP contribution in [0.4, 0.5) is 11.4 Å². The summed E-state index contributed by atoms with van der Waals surface area (Å²) in [6.45, 7) is 7.53. The minimum Gasteiger partial charge on any atom is -0.456 e. The van der Waals surface area contributed by atoms with Crippen molar-refractivity contribution in [3.8, 4) is 5.75 Å². The maximum Gasteiger partial charge on any atom is 0.312 e. The number of unbranched alkanes of at least 4 members (excludes halogenated alkanes) is 15. The summed E-state index contributed by atoms with van der Waals surface area (Å²) in [7, 11) is 0. The van der Waals surface area contributed by atoms with Crippen LogP contribution in [0.1, 0.15) is 146 Å². The third-order valence-electron chi connectivity index (χ3n) is 10.8. The van der Waals surface area contributed by atoms with Crippen LogP contribution in [0.15, 0.2) is 71.2 Å². The van der Waals surface area contributed by atoms with E-state index in [9.17, 15) is 10.1 Å².